The van der Waals surface area contributed by atoms with Crippen molar-refractivity contribution in [2.75, 3.05) is 26.0 Å². The first-order valence-corrected chi connectivity index (χ1v) is 6.30. The zero-order valence-corrected chi connectivity index (χ0v) is 11.6. The summed E-state index contributed by atoms with van der Waals surface area (Å²) in [5.74, 6) is 1.71. The number of ether oxygens (including phenoxy) is 1. The largest absolute Gasteiger partial charge is 0.486 e. The van der Waals surface area contributed by atoms with Crippen LogP contribution in [0.1, 0.15) is 11.3 Å². The molecule has 1 aromatic carbocycles. The van der Waals surface area contributed by atoms with Crippen LogP contribution in [0, 0.1) is 0 Å². The van der Waals surface area contributed by atoms with Crippen LogP contribution in [0.25, 0.3) is 0 Å². The van der Waals surface area contributed by atoms with Crippen LogP contribution < -0.4 is 15.0 Å². The molecule has 0 spiro atoms. The molecule has 2 aromatic rings. The SMILES string of the molecule is CNCc1ccoc1COc1cccc(N(C)C)c1. The summed E-state index contributed by atoms with van der Waals surface area (Å²) in [5.41, 5.74) is 2.25. The standard InChI is InChI=1S/C15H20N2O2/c1-16-10-12-7-8-18-15(12)11-19-14-6-4-5-13(9-14)17(2)3/h4-9,16H,10-11H2,1-3H3. The molecule has 19 heavy (non-hydrogen) atoms. The van der Waals surface area contributed by atoms with Gasteiger partial charge in [-0.2, -0.15) is 0 Å². The molecule has 0 aliphatic rings. The van der Waals surface area contributed by atoms with Crippen LogP contribution in [-0.4, -0.2) is 21.1 Å². The van der Waals surface area contributed by atoms with Gasteiger partial charge in [0.15, 0.2) is 0 Å². The van der Waals surface area contributed by atoms with Gasteiger partial charge in [-0.15, -0.1) is 0 Å². The van der Waals surface area contributed by atoms with Gasteiger partial charge in [0.05, 0.1) is 6.26 Å². The Balaban J connectivity index is 2.02. The minimum atomic E-state index is 0.445. The normalized spacial score (nSPS) is 10.5. The fraction of sp³-hybridized carbons (Fsp3) is 0.333. The molecule has 0 unspecified atom stereocenters. The molecule has 2 rings (SSSR count). The van der Waals surface area contributed by atoms with Gasteiger partial charge in [-0.1, -0.05) is 6.07 Å². The molecular weight excluding hydrogens is 240 g/mol. The van der Waals surface area contributed by atoms with E-state index in [0.717, 1.165) is 29.3 Å². The van der Waals surface area contributed by atoms with Crippen LogP contribution in [-0.2, 0) is 13.2 Å². The predicted octanol–water partition coefficient (Wildman–Crippen LogP) is 2.64. The average molecular weight is 260 g/mol. The van der Waals surface area contributed by atoms with Crippen LogP contribution in [0.4, 0.5) is 5.69 Å². The number of furan rings is 1. The Morgan fingerprint density at radius 3 is 2.84 bits per heavy atom. The Hall–Kier alpha value is -1.94. The van der Waals surface area contributed by atoms with E-state index < -0.39 is 0 Å². The molecule has 0 aliphatic carbocycles. The number of hydrogen-bond donors (Lipinski definition) is 1. The van der Waals surface area contributed by atoms with Gasteiger partial charge in [0.2, 0.25) is 0 Å². The fourth-order valence-corrected chi connectivity index (χ4v) is 1.84. The maximum absolute atomic E-state index is 5.78. The van der Waals surface area contributed by atoms with Crippen molar-refractivity contribution in [3.05, 3.63) is 47.9 Å². The Morgan fingerprint density at radius 2 is 2.11 bits per heavy atom. The molecule has 0 radical (unpaired) electrons. The summed E-state index contributed by atoms with van der Waals surface area (Å²) in [6, 6.07) is 9.97. The Morgan fingerprint density at radius 1 is 1.26 bits per heavy atom. The lowest BCUT2D eigenvalue weighted by atomic mass is 10.2. The molecular formula is C15H20N2O2. The number of hydrogen-bond acceptors (Lipinski definition) is 4. The third-order valence-electron chi connectivity index (χ3n) is 2.91. The highest BCUT2D eigenvalue weighted by atomic mass is 16.5. The van der Waals surface area contributed by atoms with Crippen molar-refractivity contribution in [2.45, 2.75) is 13.2 Å². The molecule has 4 heteroatoms. The molecule has 1 aromatic heterocycles. The third-order valence-corrected chi connectivity index (χ3v) is 2.91. The molecule has 0 atom stereocenters. The van der Waals surface area contributed by atoms with E-state index in [4.69, 9.17) is 9.15 Å². The molecule has 0 fully saturated rings. The Kier molecular flexibility index (Phi) is 4.47. The second kappa shape index (κ2) is 6.29. The molecule has 1 heterocycles. The second-order valence-electron chi connectivity index (χ2n) is 4.58. The topological polar surface area (TPSA) is 37.6 Å². The van der Waals surface area contributed by atoms with E-state index >= 15 is 0 Å². The minimum absolute atomic E-state index is 0.445. The van der Waals surface area contributed by atoms with Gasteiger partial charge in [0.25, 0.3) is 0 Å². The summed E-state index contributed by atoms with van der Waals surface area (Å²) in [5, 5.41) is 3.11. The molecule has 0 saturated heterocycles. The van der Waals surface area contributed by atoms with Gasteiger partial charge in [-0.3, -0.25) is 0 Å². The van der Waals surface area contributed by atoms with Gasteiger partial charge in [0.1, 0.15) is 18.1 Å². The number of nitrogens with one attached hydrogen (secondary N) is 1. The molecule has 0 bridgehead atoms. The van der Waals surface area contributed by atoms with E-state index in [1.165, 1.54) is 0 Å². The van der Waals surface area contributed by atoms with Crippen LogP contribution in [0.2, 0.25) is 0 Å². The third kappa shape index (κ3) is 3.51. The molecule has 0 aliphatic heterocycles. The lowest BCUT2D eigenvalue weighted by Gasteiger charge is -2.14. The Labute approximate surface area is 114 Å². The molecule has 0 saturated carbocycles. The summed E-state index contributed by atoms with van der Waals surface area (Å²) in [6.45, 7) is 1.23. The summed E-state index contributed by atoms with van der Waals surface area (Å²) < 4.78 is 11.2. The number of benzene rings is 1. The van der Waals surface area contributed by atoms with E-state index in [0.29, 0.717) is 6.61 Å². The van der Waals surface area contributed by atoms with Crippen molar-refractivity contribution in [1.29, 1.82) is 0 Å². The van der Waals surface area contributed by atoms with Crippen LogP contribution in [0.5, 0.6) is 5.75 Å². The zero-order chi connectivity index (χ0) is 13.7. The quantitative estimate of drug-likeness (QED) is 0.866. The lowest BCUT2D eigenvalue weighted by Crippen LogP contribution is -2.09. The fourth-order valence-electron chi connectivity index (χ4n) is 1.84. The van der Waals surface area contributed by atoms with Crippen LogP contribution >= 0.6 is 0 Å². The lowest BCUT2D eigenvalue weighted by molar-refractivity contribution is 0.268. The average Bonchev–Trinajstić information content (AvgIpc) is 2.85. The van der Waals surface area contributed by atoms with E-state index in [-0.39, 0.29) is 0 Å². The first-order chi connectivity index (χ1) is 9.20. The van der Waals surface area contributed by atoms with Crippen LogP contribution in [0.3, 0.4) is 0 Å². The smallest absolute Gasteiger partial charge is 0.146 e. The number of rotatable bonds is 6. The number of anilines is 1. The zero-order valence-electron chi connectivity index (χ0n) is 11.6. The van der Waals surface area contributed by atoms with Crippen molar-refractivity contribution in [3.8, 4) is 5.75 Å². The van der Waals surface area contributed by atoms with Gasteiger partial charge in [0, 0.05) is 38.0 Å². The summed E-state index contributed by atoms with van der Waals surface area (Å²) in [7, 11) is 5.94. The molecule has 102 valence electrons. The summed E-state index contributed by atoms with van der Waals surface area (Å²) >= 11 is 0. The van der Waals surface area contributed by atoms with Crippen molar-refractivity contribution in [3.63, 3.8) is 0 Å². The monoisotopic (exact) mass is 260 g/mol. The van der Waals surface area contributed by atoms with E-state index in [1.54, 1.807) is 6.26 Å². The van der Waals surface area contributed by atoms with Crippen LogP contribution in [0.15, 0.2) is 41.0 Å². The molecule has 4 nitrogen and oxygen atoms in total. The number of nitrogens with zero attached hydrogens (tertiary/aromatic N) is 1. The maximum Gasteiger partial charge on any atom is 0.146 e. The first kappa shape index (κ1) is 13.5. The predicted molar refractivity (Wildman–Crippen MR) is 76.6 cm³/mol. The van der Waals surface area contributed by atoms with E-state index in [9.17, 15) is 0 Å². The summed E-state index contributed by atoms with van der Waals surface area (Å²) in [6.07, 6.45) is 1.70. The minimum Gasteiger partial charge on any atom is -0.486 e. The molecule has 1 N–H and O–H groups in total. The maximum atomic E-state index is 5.78. The van der Waals surface area contributed by atoms with Gasteiger partial charge in [-0.05, 0) is 25.2 Å². The van der Waals surface area contributed by atoms with Crippen molar-refractivity contribution in [2.24, 2.45) is 0 Å². The van der Waals surface area contributed by atoms with Gasteiger partial charge < -0.3 is 19.4 Å². The van der Waals surface area contributed by atoms with Gasteiger partial charge in [-0.25, -0.2) is 0 Å². The van der Waals surface area contributed by atoms with Crippen molar-refractivity contribution in [1.82, 2.24) is 5.32 Å². The van der Waals surface area contributed by atoms with E-state index in [1.807, 2.05) is 56.4 Å². The highest BCUT2D eigenvalue weighted by Gasteiger charge is 2.07. The second-order valence-corrected chi connectivity index (χ2v) is 4.58. The molecule has 0 amide bonds. The highest BCUT2D eigenvalue weighted by molar-refractivity contribution is 5.49. The van der Waals surface area contributed by atoms with Crippen molar-refractivity contribution >= 4 is 5.69 Å². The summed E-state index contributed by atoms with van der Waals surface area (Å²) in [4.78, 5) is 2.05. The van der Waals surface area contributed by atoms with E-state index in [2.05, 4.69) is 5.32 Å². The first-order valence-electron chi connectivity index (χ1n) is 6.30. The van der Waals surface area contributed by atoms with Crippen molar-refractivity contribution < 1.29 is 9.15 Å². The highest BCUT2D eigenvalue weighted by Crippen LogP contribution is 2.21. The van der Waals surface area contributed by atoms with Gasteiger partial charge >= 0.3 is 0 Å². The Bertz CT molecular complexity index is 520.